The van der Waals surface area contributed by atoms with Gasteiger partial charge in [-0.3, -0.25) is 9.59 Å². The molecule has 2 atom stereocenters. The standard InChI is InChI=1S/C10H19NO3S/c1-4-5-6-15-8(3)9(12)11-7(2)10(13)14/h7-8H,4-6H2,1-3H3,(H,11,12)(H,13,14). The summed E-state index contributed by atoms with van der Waals surface area (Å²) in [4.78, 5) is 22.0. The molecule has 0 radical (unpaired) electrons. The topological polar surface area (TPSA) is 66.4 Å². The van der Waals surface area contributed by atoms with E-state index in [2.05, 4.69) is 12.2 Å². The number of thioether (sulfide) groups is 1. The molecule has 2 unspecified atom stereocenters. The van der Waals surface area contributed by atoms with E-state index in [0.29, 0.717) is 0 Å². The Labute approximate surface area is 94.8 Å². The minimum Gasteiger partial charge on any atom is -0.480 e. The monoisotopic (exact) mass is 233 g/mol. The second-order valence-electron chi connectivity index (χ2n) is 3.44. The zero-order valence-electron chi connectivity index (χ0n) is 9.45. The zero-order valence-corrected chi connectivity index (χ0v) is 10.3. The van der Waals surface area contributed by atoms with Gasteiger partial charge in [0.15, 0.2) is 0 Å². The minimum atomic E-state index is -1.01. The van der Waals surface area contributed by atoms with Gasteiger partial charge in [-0.1, -0.05) is 13.3 Å². The highest BCUT2D eigenvalue weighted by atomic mass is 32.2. The van der Waals surface area contributed by atoms with Gasteiger partial charge in [-0.05, 0) is 26.0 Å². The summed E-state index contributed by atoms with van der Waals surface area (Å²) in [5.41, 5.74) is 0. The maximum Gasteiger partial charge on any atom is 0.325 e. The van der Waals surface area contributed by atoms with E-state index in [1.807, 2.05) is 0 Å². The second-order valence-corrected chi connectivity index (χ2v) is 4.88. The third-order valence-corrected chi connectivity index (χ3v) is 3.20. The lowest BCUT2D eigenvalue weighted by Crippen LogP contribution is -2.42. The molecule has 0 saturated carbocycles. The van der Waals surface area contributed by atoms with Gasteiger partial charge in [-0.15, -0.1) is 11.8 Å². The van der Waals surface area contributed by atoms with Gasteiger partial charge in [-0.2, -0.15) is 0 Å². The Kier molecular flexibility index (Phi) is 7.21. The number of rotatable bonds is 7. The quantitative estimate of drug-likeness (QED) is 0.654. The van der Waals surface area contributed by atoms with Crippen LogP contribution in [0.1, 0.15) is 33.6 Å². The van der Waals surface area contributed by atoms with Crippen molar-refractivity contribution in [3.63, 3.8) is 0 Å². The fraction of sp³-hybridized carbons (Fsp3) is 0.800. The number of carboxylic acids is 1. The Morgan fingerprint density at radius 2 is 2.00 bits per heavy atom. The van der Waals surface area contributed by atoms with Crippen molar-refractivity contribution in [2.75, 3.05) is 5.75 Å². The minimum absolute atomic E-state index is 0.182. The Morgan fingerprint density at radius 3 is 2.47 bits per heavy atom. The average molecular weight is 233 g/mol. The van der Waals surface area contributed by atoms with Crippen LogP contribution in [0.4, 0.5) is 0 Å². The van der Waals surface area contributed by atoms with Crippen LogP contribution >= 0.6 is 11.8 Å². The first-order valence-corrected chi connectivity index (χ1v) is 6.18. The lowest BCUT2D eigenvalue weighted by Gasteiger charge is -2.14. The van der Waals surface area contributed by atoms with E-state index in [1.54, 1.807) is 18.7 Å². The number of hydrogen-bond acceptors (Lipinski definition) is 3. The van der Waals surface area contributed by atoms with Crippen molar-refractivity contribution in [1.29, 1.82) is 0 Å². The average Bonchev–Trinajstić information content (AvgIpc) is 2.17. The summed E-state index contributed by atoms with van der Waals surface area (Å²) < 4.78 is 0. The second kappa shape index (κ2) is 7.56. The maximum absolute atomic E-state index is 11.5. The molecule has 2 N–H and O–H groups in total. The first kappa shape index (κ1) is 14.3. The molecule has 0 aromatic heterocycles. The molecular weight excluding hydrogens is 214 g/mol. The summed E-state index contributed by atoms with van der Waals surface area (Å²) in [6.45, 7) is 5.35. The number of aliphatic carboxylic acids is 1. The summed E-state index contributed by atoms with van der Waals surface area (Å²) in [6, 6.07) is -0.813. The number of unbranched alkanes of at least 4 members (excludes halogenated alkanes) is 1. The molecule has 15 heavy (non-hydrogen) atoms. The molecule has 0 aromatic rings. The predicted octanol–water partition coefficient (Wildman–Crippen LogP) is 1.50. The SMILES string of the molecule is CCCCSC(C)C(=O)NC(C)C(=O)O. The molecule has 0 spiro atoms. The number of nitrogens with one attached hydrogen (secondary N) is 1. The number of amides is 1. The fourth-order valence-electron chi connectivity index (χ4n) is 0.873. The molecule has 4 nitrogen and oxygen atoms in total. The van der Waals surface area contributed by atoms with Gasteiger partial charge in [-0.25, -0.2) is 0 Å². The van der Waals surface area contributed by atoms with Crippen molar-refractivity contribution in [3.8, 4) is 0 Å². The van der Waals surface area contributed by atoms with E-state index >= 15 is 0 Å². The molecule has 0 bridgehead atoms. The van der Waals surface area contributed by atoms with Crippen LogP contribution in [-0.2, 0) is 9.59 Å². The van der Waals surface area contributed by atoms with Crippen molar-refractivity contribution in [2.24, 2.45) is 0 Å². The molecular formula is C10H19NO3S. The van der Waals surface area contributed by atoms with E-state index < -0.39 is 12.0 Å². The molecule has 88 valence electrons. The highest BCUT2D eigenvalue weighted by Crippen LogP contribution is 2.12. The van der Waals surface area contributed by atoms with Gasteiger partial charge in [0.05, 0.1) is 5.25 Å². The third kappa shape index (κ3) is 6.38. The summed E-state index contributed by atoms with van der Waals surface area (Å²) in [7, 11) is 0. The Hall–Kier alpha value is -0.710. The highest BCUT2D eigenvalue weighted by Gasteiger charge is 2.18. The Morgan fingerprint density at radius 1 is 1.40 bits per heavy atom. The first-order valence-electron chi connectivity index (χ1n) is 5.13. The Balaban J connectivity index is 3.83. The molecule has 0 aromatic carbocycles. The fourth-order valence-corrected chi connectivity index (χ4v) is 1.90. The van der Waals surface area contributed by atoms with Crippen LogP contribution in [0.3, 0.4) is 0 Å². The van der Waals surface area contributed by atoms with E-state index in [4.69, 9.17) is 5.11 Å². The maximum atomic E-state index is 11.5. The lowest BCUT2D eigenvalue weighted by molar-refractivity contribution is -0.141. The van der Waals surface area contributed by atoms with Crippen LogP contribution in [0.2, 0.25) is 0 Å². The summed E-state index contributed by atoms with van der Waals surface area (Å²) in [5.74, 6) is -0.271. The molecule has 0 heterocycles. The molecule has 5 heteroatoms. The van der Waals surface area contributed by atoms with Crippen molar-refractivity contribution in [1.82, 2.24) is 5.32 Å². The van der Waals surface area contributed by atoms with Crippen molar-refractivity contribution < 1.29 is 14.7 Å². The number of carbonyl (C=O) groups excluding carboxylic acids is 1. The van der Waals surface area contributed by atoms with Gasteiger partial charge in [0.2, 0.25) is 5.91 Å². The number of hydrogen-bond donors (Lipinski definition) is 2. The van der Waals surface area contributed by atoms with E-state index in [0.717, 1.165) is 18.6 Å². The molecule has 0 rings (SSSR count). The zero-order chi connectivity index (χ0) is 11.8. The smallest absolute Gasteiger partial charge is 0.325 e. The molecule has 0 fully saturated rings. The van der Waals surface area contributed by atoms with Gasteiger partial charge < -0.3 is 10.4 Å². The summed E-state index contributed by atoms with van der Waals surface area (Å²) in [6.07, 6.45) is 2.18. The van der Waals surface area contributed by atoms with Crippen molar-refractivity contribution >= 4 is 23.6 Å². The van der Waals surface area contributed by atoms with Gasteiger partial charge in [0, 0.05) is 0 Å². The third-order valence-electron chi connectivity index (χ3n) is 1.96. The molecule has 0 aliphatic carbocycles. The summed E-state index contributed by atoms with van der Waals surface area (Å²) >= 11 is 1.56. The van der Waals surface area contributed by atoms with Crippen LogP contribution < -0.4 is 5.32 Å². The van der Waals surface area contributed by atoms with Crippen LogP contribution in [-0.4, -0.2) is 34.0 Å². The predicted molar refractivity (Wildman–Crippen MR) is 62.1 cm³/mol. The first-order chi connectivity index (χ1) is 6.99. The van der Waals surface area contributed by atoms with E-state index in [1.165, 1.54) is 6.92 Å². The van der Waals surface area contributed by atoms with Gasteiger partial charge >= 0.3 is 5.97 Å². The van der Waals surface area contributed by atoms with Crippen LogP contribution in [0.15, 0.2) is 0 Å². The van der Waals surface area contributed by atoms with Crippen LogP contribution in [0, 0.1) is 0 Å². The van der Waals surface area contributed by atoms with Crippen molar-refractivity contribution in [2.45, 2.75) is 44.9 Å². The van der Waals surface area contributed by atoms with E-state index in [9.17, 15) is 9.59 Å². The van der Waals surface area contributed by atoms with Crippen LogP contribution in [0.5, 0.6) is 0 Å². The van der Waals surface area contributed by atoms with Gasteiger partial charge in [0.25, 0.3) is 0 Å². The summed E-state index contributed by atoms with van der Waals surface area (Å²) in [5, 5.41) is 10.9. The normalized spacial score (nSPS) is 14.3. The van der Waals surface area contributed by atoms with Gasteiger partial charge in [0.1, 0.15) is 6.04 Å². The van der Waals surface area contributed by atoms with E-state index in [-0.39, 0.29) is 11.2 Å². The molecule has 0 aliphatic heterocycles. The number of carboxylic acid groups (broad SMARTS) is 1. The molecule has 1 amide bonds. The molecule has 0 aliphatic rings. The number of carbonyl (C=O) groups is 2. The highest BCUT2D eigenvalue weighted by molar-refractivity contribution is 8.00. The lowest BCUT2D eigenvalue weighted by atomic mass is 10.3. The van der Waals surface area contributed by atoms with Crippen LogP contribution in [0.25, 0.3) is 0 Å². The molecule has 0 saturated heterocycles. The largest absolute Gasteiger partial charge is 0.480 e. The van der Waals surface area contributed by atoms with Crippen molar-refractivity contribution in [3.05, 3.63) is 0 Å². The Bertz CT molecular complexity index is 221.